The molecule has 1 amide bonds. The lowest BCUT2D eigenvalue weighted by molar-refractivity contribution is -0.186. The van der Waals surface area contributed by atoms with E-state index in [2.05, 4.69) is 4.72 Å². The highest BCUT2D eigenvalue weighted by Gasteiger charge is 2.42. The van der Waals surface area contributed by atoms with Crippen molar-refractivity contribution in [2.75, 3.05) is 13.1 Å². The predicted molar refractivity (Wildman–Crippen MR) is 120 cm³/mol. The fourth-order valence-electron chi connectivity index (χ4n) is 3.84. The molecule has 0 radical (unpaired) electrons. The van der Waals surface area contributed by atoms with E-state index in [1.807, 2.05) is 6.07 Å². The summed E-state index contributed by atoms with van der Waals surface area (Å²) in [6.45, 7) is -0.188. The summed E-state index contributed by atoms with van der Waals surface area (Å²) in [7, 11) is -4.36. The Hall–Kier alpha value is -2.26. The Morgan fingerprint density at radius 1 is 1.18 bits per heavy atom. The van der Waals surface area contributed by atoms with Gasteiger partial charge in [-0.2, -0.15) is 23.2 Å². The number of hydrogen-bond donors (Lipinski definition) is 1. The van der Waals surface area contributed by atoms with Gasteiger partial charge in [0.15, 0.2) is 0 Å². The molecule has 1 unspecified atom stereocenters. The molecule has 2 heterocycles. The highest BCUT2D eigenvalue weighted by molar-refractivity contribution is 7.89. The van der Waals surface area contributed by atoms with Crippen LogP contribution in [0.2, 0.25) is 10.0 Å². The van der Waals surface area contributed by atoms with E-state index in [0.717, 1.165) is 0 Å². The van der Waals surface area contributed by atoms with Gasteiger partial charge in [-0.3, -0.25) is 4.79 Å². The van der Waals surface area contributed by atoms with E-state index in [9.17, 15) is 31.6 Å². The first kappa shape index (κ1) is 26.3. The zero-order valence-electron chi connectivity index (χ0n) is 17.7. The van der Waals surface area contributed by atoms with Gasteiger partial charge < -0.3 is 9.47 Å². The number of hydrogen-bond acceptors (Lipinski definition) is 4. The zero-order valence-corrected chi connectivity index (χ0v) is 20.1. The Balaban J connectivity index is 1.83. The molecule has 1 atom stereocenters. The van der Waals surface area contributed by atoms with E-state index in [1.165, 1.54) is 23.1 Å². The van der Waals surface area contributed by atoms with Crippen LogP contribution in [0.3, 0.4) is 0 Å². The molecule has 34 heavy (non-hydrogen) atoms. The van der Waals surface area contributed by atoms with Crippen molar-refractivity contribution in [1.29, 1.82) is 5.26 Å². The topological polar surface area (TPSA) is 95.2 Å². The molecule has 7 nitrogen and oxygen atoms in total. The molecule has 184 valence electrons. The average molecular weight is 537 g/mol. The number of aryl methyl sites for hydroxylation is 1. The van der Waals surface area contributed by atoms with Gasteiger partial charge in [0.25, 0.3) is 0 Å². The lowest BCUT2D eigenvalue weighted by Crippen LogP contribution is -2.52. The number of nitrogens with zero attached hydrogens (tertiary/aromatic N) is 3. The Kier molecular flexibility index (Phi) is 8.18. The molecule has 0 saturated carbocycles. The molecule has 13 heteroatoms. The largest absolute Gasteiger partial charge is 0.391 e. The van der Waals surface area contributed by atoms with Crippen molar-refractivity contribution in [1.82, 2.24) is 14.2 Å². The van der Waals surface area contributed by atoms with Crippen molar-refractivity contribution < 1.29 is 26.4 Å². The van der Waals surface area contributed by atoms with Crippen LogP contribution in [-0.2, 0) is 21.4 Å². The number of carbonyl (C=O) groups excluding carboxylic acids is 1. The zero-order chi connectivity index (χ0) is 25.1. The van der Waals surface area contributed by atoms with Crippen molar-refractivity contribution >= 4 is 39.1 Å². The minimum absolute atomic E-state index is 0.0529. The Labute approximate surface area is 205 Å². The van der Waals surface area contributed by atoms with Crippen molar-refractivity contribution in [2.24, 2.45) is 5.92 Å². The van der Waals surface area contributed by atoms with E-state index in [4.69, 9.17) is 23.2 Å². The number of carbonyl (C=O) groups is 1. The van der Waals surface area contributed by atoms with Crippen LogP contribution in [0.1, 0.15) is 25.0 Å². The molecule has 2 aromatic rings. The van der Waals surface area contributed by atoms with E-state index in [-0.39, 0.29) is 48.9 Å². The molecule has 0 bridgehead atoms. The second-order valence-corrected chi connectivity index (χ2v) is 10.3. The second kappa shape index (κ2) is 10.6. The number of sulfonamides is 1. The van der Waals surface area contributed by atoms with Gasteiger partial charge in [-0.05, 0) is 43.5 Å². The van der Waals surface area contributed by atoms with Crippen LogP contribution in [-0.4, -0.2) is 49.1 Å². The van der Waals surface area contributed by atoms with Gasteiger partial charge in [-0.1, -0.05) is 29.3 Å². The van der Waals surface area contributed by atoms with Gasteiger partial charge in [0.2, 0.25) is 15.9 Å². The molecule has 1 aliphatic rings. The summed E-state index contributed by atoms with van der Waals surface area (Å²) < 4.78 is 69.1. The molecule has 1 fully saturated rings. The number of rotatable bonds is 7. The lowest BCUT2D eigenvalue weighted by Gasteiger charge is -2.35. The van der Waals surface area contributed by atoms with Crippen molar-refractivity contribution in [2.45, 2.75) is 42.9 Å². The summed E-state index contributed by atoms with van der Waals surface area (Å²) in [5, 5.41) is 8.91. The van der Waals surface area contributed by atoms with Crippen molar-refractivity contribution in [3.8, 4) is 6.07 Å². The van der Waals surface area contributed by atoms with E-state index >= 15 is 0 Å². The summed E-state index contributed by atoms with van der Waals surface area (Å²) >= 11 is 12.1. The van der Waals surface area contributed by atoms with Gasteiger partial charge >= 0.3 is 6.18 Å². The number of benzene rings is 1. The maximum Gasteiger partial charge on any atom is 0.391 e. The fraction of sp³-hybridized carbons (Fsp3) is 0.429. The molecule has 0 aliphatic carbocycles. The highest BCUT2D eigenvalue weighted by Crippen LogP contribution is 2.34. The van der Waals surface area contributed by atoms with Gasteiger partial charge in [0.1, 0.15) is 22.7 Å². The van der Waals surface area contributed by atoms with Crippen LogP contribution < -0.4 is 4.72 Å². The Bertz CT molecular complexity index is 1170. The lowest BCUT2D eigenvalue weighted by atomic mass is 9.95. The summed E-state index contributed by atoms with van der Waals surface area (Å²) in [6, 6.07) is 8.00. The van der Waals surface area contributed by atoms with Crippen LogP contribution in [0.15, 0.2) is 41.4 Å². The minimum atomic E-state index is -4.36. The van der Waals surface area contributed by atoms with E-state index in [0.29, 0.717) is 5.69 Å². The third-order valence-corrected chi connectivity index (χ3v) is 8.08. The van der Waals surface area contributed by atoms with Gasteiger partial charge in [0, 0.05) is 25.8 Å². The van der Waals surface area contributed by atoms with Crippen LogP contribution in [0, 0.1) is 17.2 Å². The minimum Gasteiger partial charge on any atom is -0.341 e. The van der Waals surface area contributed by atoms with Crippen LogP contribution in [0.5, 0.6) is 0 Å². The number of alkyl halides is 3. The summed E-state index contributed by atoms with van der Waals surface area (Å²) in [5.41, 5.74) is 0.314. The summed E-state index contributed by atoms with van der Waals surface area (Å²) in [6.07, 6.45) is -3.32. The maximum atomic E-state index is 13.2. The first-order chi connectivity index (χ1) is 15.9. The fourth-order valence-corrected chi connectivity index (χ4v) is 6.21. The number of aromatic nitrogens is 1. The maximum absolute atomic E-state index is 13.2. The molecular formula is C21H21Cl2F3N4O3S. The number of nitrogens with one attached hydrogen (secondary N) is 1. The predicted octanol–water partition coefficient (Wildman–Crippen LogP) is 4.20. The number of amides is 1. The van der Waals surface area contributed by atoms with Crippen molar-refractivity contribution in [3.63, 3.8) is 0 Å². The average Bonchev–Trinajstić information content (AvgIpc) is 3.23. The van der Waals surface area contributed by atoms with Gasteiger partial charge in [-0.15, -0.1) is 0 Å². The highest BCUT2D eigenvalue weighted by atomic mass is 35.5. The molecule has 3 rings (SSSR count). The molecule has 1 aromatic heterocycles. The van der Waals surface area contributed by atoms with Crippen LogP contribution >= 0.6 is 23.2 Å². The number of piperidine rings is 1. The molecule has 1 N–H and O–H groups in total. The quantitative estimate of drug-likeness (QED) is 0.573. The van der Waals surface area contributed by atoms with Crippen LogP contribution in [0.25, 0.3) is 0 Å². The van der Waals surface area contributed by atoms with Crippen LogP contribution in [0.4, 0.5) is 13.2 Å². The SMILES string of the molecule is N#Cc1cccn1CCC(NS(=O)(=O)c1c(Cl)cccc1Cl)C(=O)N1CCC(C(F)(F)F)CC1. The second-order valence-electron chi connectivity index (χ2n) is 7.85. The summed E-state index contributed by atoms with van der Waals surface area (Å²) in [4.78, 5) is 14.1. The first-order valence-electron chi connectivity index (χ1n) is 10.3. The molecular weight excluding hydrogens is 516 g/mol. The molecule has 0 spiro atoms. The Morgan fingerprint density at radius 3 is 2.35 bits per heavy atom. The normalized spacial score (nSPS) is 16.3. The van der Waals surface area contributed by atoms with Gasteiger partial charge in [-0.25, -0.2) is 8.42 Å². The number of likely N-dealkylation sites (tertiary alicyclic amines) is 1. The Morgan fingerprint density at radius 2 is 1.79 bits per heavy atom. The third kappa shape index (κ3) is 6.05. The van der Waals surface area contributed by atoms with E-state index in [1.54, 1.807) is 22.9 Å². The summed E-state index contributed by atoms with van der Waals surface area (Å²) in [5.74, 6) is -2.16. The standard InChI is InChI=1S/C21H21Cl2F3N4O3S/c22-16-4-1-5-17(23)19(16)34(32,33)28-18(8-12-29-9-2-3-15(29)13-27)20(31)30-10-6-14(7-11-30)21(24,25)26/h1-5,9,14,18,28H,6-8,10-12H2. The number of nitriles is 1. The molecule has 1 aromatic carbocycles. The van der Waals surface area contributed by atoms with Crippen molar-refractivity contribution in [3.05, 3.63) is 52.3 Å². The molecule has 1 saturated heterocycles. The van der Waals surface area contributed by atoms with E-state index < -0.39 is 39.0 Å². The number of halogens is 5. The third-order valence-electron chi connectivity index (χ3n) is 5.66. The molecule has 1 aliphatic heterocycles. The van der Waals surface area contributed by atoms with Gasteiger partial charge in [0.05, 0.1) is 16.0 Å². The first-order valence-corrected chi connectivity index (χ1v) is 12.5. The monoisotopic (exact) mass is 536 g/mol. The smallest absolute Gasteiger partial charge is 0.341 e.